The van der Waals surface area contributed by atoms with Gasteiger partial charge in [-0.25, -0.2) is 0 Å². The number of hydrogen-bond donors (Lipinski definition) is 2. The monoisotopic (exact) mass is 246 g/mol. The van der Waals surface area contributed by atoms with Crippen LogP contribution in [0.25, 0.3) is 0 Å². The average molecular weight is 247 g/mol. The van der Waals surface area contributed by atoms with Crippen LogP contribution in [0.4, 0.5) is 5.69 Å². The lowest BCUT2D eigenvalue weighted by atomic mass is 9.99. The van der Waals surface area contributed by atoms with Gasteiger partial charge in [0.15, 0.2) is 0 Å². The van der Waals surface area contributed by atoms with E-state index in [1.54, 1.807) is 0 Å². The second kappa shape index (κ2) is 5.71. The maximum Gasteiger partial charge on any atom is 0.0532 e. The van der Waals surface area contributed by atoms with Crippen molar-refractivity contribution in [3.63, 3.8) is 0 Å². The van der Waals surface area contributed by atoms with Crippen LogP contribution in [0, 0.1) is 0 Å². The van der Waals surface area contributed by atoms with E-state index in [4.69, 9.17) is 17.4 Å². The molecule has 17 heavy (non-hydrogen) atoms. The molecule has 3 N–H and O–H groups in total. The summed E-state index contributed by atoms with van der Waals surface area (Å²) in [5, 5.41) is 0. The van der Waals surface area contributed by atoms with E-state index in [1.165, 1.54) is 11.1 Å². The summed E-state index contributed by atoms with van der Waals surface area (Å²) >= 11 is 5.99. The molecule has 0 aliphatic rings. The summed E-state index contributed by atoms with van der Waals surface area (Å²) in [4.78, 5) is 0. The fraction of sp³-hybridized carbons (Fsp3) is 0.143. The van der Waals surface area contributed by atoms with Crippen molar-refractivity contribution in [3.8, 4) is 0 Å². The highest BCUT2D eigenvalue weighted by molar-refractivity contribution is 6.17. The highest BCUT2D eigenvalue weighted by Crippen LogP contribution is 2.23. The van der Waals surface area contributed by atoms with Crippen LogP contribution in [0.3, 0.4) is 0 Å². The average Bonchev–Trinajstić information content (AvgIpc) is 2.39. The summed E-state index contributed by atoms with van der Waals surface area (Å²) in [5.74, 6) is 5.94. The van der Waals surface area contributed by atoms with Gasteiger partial charge in [0, 0.05) is 5.88 Å². The van der Waals surface area contributed by atoms with Crippen molar-refractivity contribution in [3.05, 3.63) is 65.2 Å². The number of nitrogens with two attached hydrogens (primary N) is 1. The van der Waals surface area contributed by atoms with Gasteiger partial charge in [0.2, 0.25) is 0 Å². The van der Waals surface area contributed by atoms with E-state index in [0.717, 1.165) is 17.7 Å². The minimum Gasteiger partial charge on any atom is -0.324 e. The van der Waals surface area contributed by atoms with Crippen LogP contribution in [0.2, 0.25) is 0 Å². The lowest BCUT2D eigenvalue weighted by Crippen LogP contribution is -2.10. The number of benzene rings is 2. The molecule has 0 atom stereocenters. The minimum absolute atomic E-state index is 0.461. The van der Waals surface area contributed by atoms with Crippen LogP contribution in [0.15, 0.2) is 48.5 Å². The summed E-state index contributed by atoms with van der Waals surface area (Å²) < 4.78 is 0. The van der Waals surface area contributed by atoms with Gasteiger partial charge in [0.25, 0.3) is 0 Å². The Hall–Kier alpha value is -1.51. The highest BCUT2D eigenvalue weighted by Gasteiger charge is 2.06. The molecule has 0 amide bonds. The normalized spacial score (nSPS) is 10.2. The first kappa shape index (κ1) is 12.0. The second-order valence-electron chi connectivity index (χ2n) is 3.88. The Kier molecular flexibility index (Phi) is 4.02. The van der Waals surface area contributed by atoms with Crippen molar-refractivity contribution >= 4 is 17.3 Å². The summed E-state index contributed by atoms with van der Waals surface area (Å²) in [6.45, 7) is 0. The predicted octanol–water partition coefficient (Wildman–Crippen LogP) is 3.30. The highest BCUT2D eigenvalue weighted by atomic mass is 35.5. The van der Waals surface area contributed by atoms with E-state index in [9.17, 15) is 0 Å². The molecule has 0 aliphatic heterocycles. The summed E-state index contributed by atoms with van der Waals surface area (Å²) in [6, 6.07) is 16.3. The number of hydrazine groups is 1. The Morgan fingerprint density at radius 3 is 2.41 bits per heavy atom. The van der Waals surface area contributed by atoms with Crippen molar-refractivity contribution in [1.29, 1.82) is 0 Å². The van der Waals surface area contributed by atoms with Crippen LogP contribution in [0.5, 0.6) is 0 Å². The predicted molar refractivity (Wildman–Crippen MR) is 73.1 cm³/mol. The topological polar surface area (TPSA) is 38.0 Å². The number of alkyl halides is 1. The molecular formula is C14H15ClN2. The van der Waals surface area contributed by atoms with Gasteiger partial charge >= 0.3 is 0 Å². The van der Waals surface area contributed by atoms with Gasteiger partial charge in [-0.15, -0.1) is 11.6 Å². The zero-order valence-electron chi connectivity index (χ0n) is 9.49. The maximum absolute atomic E-state index is 5.99. The first-order valence-corrected chi connectivity index (χ1v) is 6.06. The van der Waals surface area contributed by atoms with Gasteiger partial charge in [-0.2, -0.15) is 0 Å². The fourth-order valence-corrected chi connectivity index (χ4v) is 2.22. The molecule has 0 heterocycles. The van der Waals surface area contributed by atoms with E-state index in [2.05, 4.69) is 23.6 Å². The number of rotatable bonds is 4. The zero-order valence-corrected chi connectivity index (χ0v) is 10.2. The summed E-state index contributed by atoms with van der Waals surface area (Å²) in [7, 11) is 0. The maximum atomic E-state index is 5.99. The molecule has 0 unspecified atom stereocenters. The molecule has 0 fully saturated rings. The van der Waals surface area contributed by atoms with Crippen LogP contribution >= 0.6 is 11.6 Å². The third-order valence-electron chi connectivity index (χ3n) is 2.80. The molecule has 0 radical (unpaired) electrons. The summed E-state index contributed by atoms with van der Waals surface area (Å²) in [5.41, 5.74) is 7.14. The molecule has 0 spiro atoms. The van der Waals surface area contributed by atoms with Crippen molar-refractivity contribution in [2.75, 3.05) is 5.43 Å². The number of anilines is 1. The molecule has 3 heteroatoms. The molecule has 0 saturated carbocycles. The van der Waals surface area contributed by atoms with Crippen LogP contribution in [-0.4, -0.2) is 0 Å². The van der Waals surface area contributed by atoms with Crippen LogP contribution < -0.4 is 11.3 Å². The number of nitrogens with one attached hydrogen (secondary N) is 1. The van der Waals surface area contributed by atoms with Gasteiger partial charge in [-0.1, -0.05) is 42.5 Å². The van der Waals surface area contributed by atoms with Gasteiger partial charge in [0.1, 0.15) is 0 Å². The summed E-state index contributed by atoms with van der Waals surface area (Å²) in [6.07, 6.45) is 0.873. The van der Waals surface area contributed by atoms with E-state index >= 15 is 0 Å². The molecule has 2 rings (SSSR count). The van der Waals surface area contributed by atoms with E-state index in [-0.39, 0.29) is 0 Å². The third-order valence-corrected chi connectivity index (χ3v) is 3.07. The Morgan fingerprint density at radius 2 is 1.76 bits per heavy atom. The molecule has 2 aromatic carbocycles. The minimum atomic E-state index is 0.461. The molecule has 0 aliphatic carbocycles. The van der Waals surface area contributed by atoms with Gasteiger partial charge in [-0.05, 0) is 29.2 Å². The molecule has 0 aromatic heterocycles. The fourth-order valence-electron chi connectivity index (χ4n) is 1.91. The molecule has 2 aromatic rings. The number of hydrogen-bond acceptors (Lipinski definition) is 2. The Morgan fingerprint density at radius 1 is 1.00 bits per heavy atom. The van der Waals surface area contributed by atoms with Crippen molar-refractivity contribution < 1.29 is 0 Å². The molecule has 0 saturated heterocycles. The van der Waals surface area contributed by atoms with Gasteiger partial charge < -0.3 is 5.43 Å². The van der Waals surface area contributed by atoms with Crippen LogP contribution in [0.1, 0.15) is 16.7 Å². The second-order valence-corrected chi connectivity index (χ2v) is 4.15. The van der Waals surface area contributed by atoms with E-state index < -0.39 is 0 Å². The Bertz CT molecular complexity index is 483. The standard InChI is InChI=1S/C14H15ClN2/c15-10-13-12(7-4-8-14(13)17-16)9-11-5-2-1-3-6-11/h1-8,17H,9-10,16H2. The molecular weight excluding hydrogens is 232 g/mol. The van der Waals surface area contributed by atoms with Crippen LogP contribution in [-0.2, 0) is 12.3 Å². The van der Waals surface area contributed by atoms with E-state index in [1.807, 2.05) is 30.3 Å². The zero-order chi connectivity index (χ0) is 12.1. The molecule has 0 bridgehead atoms. The number of nitrogen functional groups attached to an aromatic ring is 1. The first-order chi connectivity index (χ1) is 8.35. The third kappa shape index (κ3) is 2.78. The SMILES string of the molecule is NNc1cccc(Cc2ccccc2)c1CCl. The molecule has 2 nitrogen and oxygen atoms in total. The lowest BCUT2D eigenvalue weighted by molar-refractivity contribution is 1.14. The van der Waals surface area contributed by atoms with Gasteiger partial charge in [0.05, 0.1) is 5.69 Å². The largest absolute Gasteiger partial charge is 0.324 e. The van der Waals surface area contributed by atoms with E-state index in [0.29, 0.717) is 5.88 Å². The van der Waals surface area contributed by atoms with Crippen molar-refractivity contribution in [1.82, 2.24) is 0 Å². The van der Waals surface area contributed by atoms with Crippen molar-refractivity contribution in [2.45, 2.75) is 12.3 Å². The first-order valence-electron chi connectivity index (χ1n) is 5.52. The Labute approximate surface area is 106 Å². The van der Waals surface area contributed by atoms with Gasteiger partial charge in [-0.3, -0.25) is 5.84 Å². The quantitative estimate of drug-likeness (QED) is 0.494. The lowest BCUT2D eigenvalue weighted by Gasteiger charge is -2.12. The van der Waals surface area contributed by atoms with Crippen molar-refractivity contribution in [2.24, 2.45) is 5.84 Å². The number of halogens is 1. The smallest absolute Gasteiger partial charge is 0.0532 e. The molecule has 88 valence electrons. The Balaban J connectivity index is 2.33.